The molecule has 1 spiro atoms. The molecule has 5 atom stereocenters. The first-order chi connectivity index (χ1) is 12.6. The number of esters is 1. The number of para-hydroxylation sites is 1. The second kappa shape index (κ2) is 5.57. The van der Waals surface area contributed by atoms with Crippen molar-refractivity contribution in [2.75, 3.05) is 32.1 Å². The van der Waals surface area contributed by atoms with Gasteiger partial charge >= 0.3 is 5.97 Å². The number of piperidine rings is 1. The van der Waals surface area contributed by atoms with Gasteiger partial charge in [-0.2, -0.15) is 0 Å². The van der Waals surface area contributed by atoms with Gasteiger partial charge in [0, 0.05) is 30.6 Å². The lowest BCUT2D eigenvalue weighted by atomic mass is 9.59. The van der Waals surface area contributed by atoms with Crippen molar-refractivity contribution in [3.63, 3.8) is 0 Å². The number of ether oxygens (including phenoxy) is 1. The Morgan fingerprint density at radius 3 is 3.04 bits per heavy atom. The molecule has 5 nitrogen and oxygen atoms in total. The molecule has 2 bridgehead atoms. The Morgan fingerprint density at radius 1 is 1.46 bits per heavy atom. The number of hydrogen-bond acceptors (Lipinski definition) is 5. The van der Waals surface area contributed by atoms with Crippen LogP contribution in [0.4, 0.5) is 5.69 Å². The molecule has 0 radical (unpaired) electrons. The van der Waals surface area contributed by atoms with Gasteiger partial charge in [0.25, 0.3) is 0 Å². The zero-order valence-corrected chi connectivity index (χ0v) is 15.4. The molecule has 3 heterocycles. The van der Waals surface area contributed by atoms with Crippen molar-refractivity contribution in [3.05, 3.63) is 41.1 Å². The highest BCUT2D eigenvalue weighted by atomic mass is 16.5. The molecule has 1 aliphatic carbocycles. The van der Waals surface area contributed by atoms with Crippen LogP contribution in [0.1, 0.15) is 25.3 Å². The van der Waals surface area contributed by atoms with E-state index in [1.165, 1.54) is 12.7 Å². The first-order valence-corrected chi connectivity index (χ1v) is 9.66. The van der Waals surface area contributed by atoms with Gasteiger partial charge < -0.3 is 15.2 Å². The van der Waals surface area contributed by atoms with Crippen molar-refractivity contribution < 1.29 is 14.6 Å². The van der Waals surface area contributed by atoms with Gasteiger partial charge in [-0.15, -0.1) is 0 Å². The molecule has 5 heteroatoms. The Morgan fingerprint density at radius 2 is 2.27 bits per heavy atom. The maximum atomic E-state index is 12.9. The first kappa shape index (κ1) is 16.3. The van der Waals surface area contributed by atoms with E-state index in [9.17, 15) is 9.90 Å². The maximum Gasteiger partial charge on any atom is 0.335 e. The third-order valence-corrected chi connectivity index (χ3v) is 7.42. The number of hydrogen-bond donors (Lipinski definition) is 2. The van der Waals surface area contributed by atoms with Crippen molar-refractivity contribution in [1.29, 1.82) is 0 Å². The van der Waals surface area contributed by atoms with E-state index in [2.05, 4.69) is 35.3 Å². The Labute approximate surface area is 154 Å². The van der Waals surface area contributed by atoms with Crippen LogP contribution in [0.15, 0.2) is 35.5 Å². The summed E-state index contributed by atoms with van der Waals surface area (Å²) in [6, 6.07) is 8.91. The van der Waals surface area contributed by atoms with Gasteiger partial charge in [0.15, 0.2) is 0 Å². The van der Waals surface area contributed by atoms with E-state index in [0.29, 0.717) is 6.04 Å². The molecule has 2 saturated heterocycles. The topological polar surface area (TPSA) is 61.8 Å². The molecule has 0 amide bonds. The van der Waals surface area contributed by atoms with Crippen molar-refractivity contribution in [2.45, 2.75) is 31.2 Å². The second-order valence-electron chi connectivity index (χ2n) is 8.35. The van der Waals surface area contributed by atoms with Crippen LogP contribution in [0.3, 0.4) is 0 Å². The molecule has 2 N–H and O–H groups in total. The molecular weight excluding hydrogens is 328 g/mol. The Bertz CT molecular complexity index is 804. The van der Waals surface area contributed by atoms with Crippen molar-refractivity contribution in [2.24, 2.45) is 17.8 Å². The highest BCUT2D eigenvalue weighted by Gasteiger charge is 2.63. The van der Waals surface area contributed by atoms with Crippen LogP contribution < -0.4 is 5.32 Å². The number of benzene rings is 1. The van der Waals surface area contributed by atoms with Gasteiger partial charge in [0.05, 0.1) is 18.1 Å². The van der Waals surface area contributed by atoms with E-state index >= 15 is 0 Å². The third-order valence-electron chi connectivity index (χ3n) is 7.42. The van der Waals surface area contributed by atoms with Gasteiger partial charge in [-0.3, -0.25) is 4.90 Å². The number of aliphatic hydroxyl groups is 1. The Kier molecular flexibility index (Phi) is 3.50. The van der Waals surface area contributed by atoms with Gasteiger partial charge in [-0.25, -0.2) is 4.79 Å². The lowest BCUT2D eigenvalue weighted by Crippen LogP contribution is -2.57. The number of rotatable bonds is 3. The highest BCUT2D eigenvalue weighted by molar-refractivity contribution is 5.93. The lowest BCUT2D eigenvalue weighted by Gasteiger charge is -2.51. The average molecular weight is 354 g/mol. The zero-order chi connectivity index (χ0) is 18.1. The lowest BCUT2D eigenvalue weighted by molar-refractivity contribution is -0.138. The molecule has 1 aromatic carbocycles. The molecule has 26 heavy (non-hydrogen) atoms. The normalized spacial score (nSPS) is 35.6. The number of anilines is 1. The van der Waals surface area contributed by atoms with Crippen molar-refractivity contribution in [1.82, 2.24) is 4.90 Å². The van der Waals surface area contributed by atoms with E-state index in [0.717, 1.165) is 42.9 Å². The molecule has 1 aromatic rings. The maximum absolute atomic E-state index is 12.9. The molecule has 5 rings (SSSR count). The summed E-state index contributed by atoms with van der Waals surface area (Å²) in [7, 11) is 1.48. The summed E-state index contributed by atoms with van der Waals surface area (Å²) in [6.45, 7) is 4.25. The predicted octanol–water partition coefficient (Wildman–Crippen LogP) is 2.13. The number of methoxy groups -OCH3 is 1. The minimum atomic E-state index is -0.210. The molecule has 0 unspecified atom stereocenters. The summed E-state index contributed by atoms with van der Waals surface area (Å²) in [5.41, 5.74) is 4.25. The second-order valence-corrected chi connectivity index (χ2v) is 8.35. The van der Waals surface area contributed by atoms with E-state index < -0.39 is 0 Å². The zero-order valence-electron chi connectivity index (χ0n) is 15.4. The molecule has 4 aliphatic rings. The number of carbonyl (C=O) groups excluding carboxylic acids is 1. The SMILES string of the molecule is COC(=O)C1=C2Nc3ccccc3[C@]23CCN2C[C@@H]([C@@H](C)CO)[C@@H]1C[C@H]23. The van der Waals surface area contributed by atoms with E-state index in [4.69, 9.17) is 4.74 Å². The van der Waals surface area contributed by atoms with Crippen LogP contribution in [0.25, 0.3) is 0 Å². The van der Waals surface area contributed by atoms with Crippen LogP contribution in [-0.4, -0.2) is 48.8 Å². The number of nitrogens with zero attached hydrogens (tertiary/aromatic N) is 1. The number of nitrogens with one attached hydrogen (secondary N) is 1. The number of fused-ring (bicyclic) bond motifs is 2. The van der Waals surface area contributed by atoms with E-state index in [1.54, 1.807) is 0 Å². The van der Waals surface area contributed by atoms with Crippen molar-refractivity contribution in [3.8, 4) is 0 Å². The summed E-state index contributed by atoms with van der Waals surface area (Å²) in [4.78, 5) is 15.5. The standard InChI is InChI=1S/C21H26N2O3/c1-12(11-24)14-10-23-8-7-21-15-5-3-4-6-16(15)22-19(21)18(20(25)26-2)13(14)9-17(21)23/h3-6,12-14,17,22,24H,7-11H2,1-2H3/t12-,13-,14-,17-,21-/m0/s1. The monoisotopic (exact) mass is 354 g/mol. The van der Waals surface area contributed by atoms with E-state index in [1.807, 2.05) is 6.07 Å². The van der Waals surface area contributed by atoms with Crippen LogP contribution in [0, 0.1) is 17.8 Å². The van der Waals surface area contributed by atoms with Gasteiger partial charge in [-0.1, -0.05) is 25.1 Å². The Balaban J connectivity index is 1.75. The largest absolute Gasteiger partial charge is 0.466 e. The summed E-state index contributed by atoms with van der Waals surface area (Å²) >= 11 is 0. The fourth-order valence-corrected chi connectivity index (χ4v) is 6.20. The number of carbonyl (C=O) groups is 1. The smallest absolute Gasteiger partial charge is 0.335 e. The predicted molar refractivity (Wildman–Crippen MR) is 98.6 cm³/mol. The third kappa shape index (κ3) is 1.85. The van der Waals surface area contributed by atoms with Crippen molar-refractivity contribution >= 4 is 11.7 Å². The summed E-state index contributed by atoms with van der Waals surface area (Å²) in [6.07, 6.45) is 2.00. The minimum absolute atomic E-state index is 0.107. The summed E-state index contributed by atoms with van der Waals surface area (Å²) in [5.74, 6) is 0.380. The first-order valence-electron chi connectivity index (χ1n) is 9.66. The van der Waals surface area contributed by atoms with Gasteiger partial charge in [0.1, 0.15) is 0 Å². The van der Waals surface area contributed by atoms with Crippen LogP contribution in [0.2, 0.25) is 0 Å². The summed E-state index contributed by atoms with van der Waals surface area (Å²) < 4.78 is 5.24. The highest BCUT2D eigenvalue weighted by Crippen LogP contribution is 2.61. The van der Waals surface area contributed by atoms with Crippen LogP contribution in [0.5, 0.6) is 0 Å². The van der Waals surface area contributed by atoms with Gasteiger partial charge in [0.2, 0.25) is 0 Å². The number of aliphatic hydroxyl groups excluding tert-OH is 1. The molecular formula is C21H26N2O3. The van der Waals surface area contributed by atoms with Crippen LogP contribution >= 0.6 is 0 Å². The molecule has 138 valence electrons. The van der Waals surface area contributed by atoms with E-state index in [-0.39, 0.29) is 35.7 Å². The minimum Gasteiger partial charge on any atom is -0.466 e. The Hall–Kier alpha value is -1.85. The molecule has 2 fully saturated rings. The summed E-state index contributed by atoms with van der Waals surface area (Å²) in [5, 5.41) is 13.4. The quantitative estimate of drug-likeness (QED) is 0.815. The fraction of sp³-hybridized carbons (Fsp3) is 0.571. The van der Waals surface area contributed by atoms with Crippen LogP contribution in [-0.2, 0) is 14.9 Å². The average Bonchev–Trinajstić information content (AvgIpc) is 3.23. The fourth-order valence-electron chi connectivity index (χ4n) is 6.20. The van der Waals surface area contributed by atoms with Gasteiger partial charge in [-0.05, 0) is 48.8 Å². The molecule has 0 saturated carbocycles. The molecule has 0 aromatic heterocycles. The molecule has 3 aliphatic heterocycles.